The maximum absolute atomic E-state index is 12.6. The average Bonchev–Trinajstić information content (AvgIpc) is 2.37. The van der Waals surface area contributed by atoms with Gasteiger partial charge in [-0.05, 0) is 44.5 Å². The normalized spacial score (nSPS) is 22.9. The molecule has 1 heterocycles. The minimum Gasteiger partial charge on any atom is -0.365 e. The van der Waals surface area contributed by atoms with Gasteiger partial charge < -0.3 is 10.2 Å². The minimum atomic E-state index is -4.27. The van der Waals surface area contributed by atoms with Gasteiger partial charge in [0, 0.05) is 30.4 Å². The molecule has 5 heteroatoms. The van der Waals surface area contributed by atoms with Crippen LogP contribution >= 0.6 is 0 Å². The van der Waals surface area contributed by atoms with Crippen molar-refractivity contribution >= 4 is 5.69 Å². The highest BCUT2D eigenvalue weighted by atomic mass is 19.4. The van der Waals surface area contributed by atoms with Crippen LogP contribution in [0.5, 0.6) is 0 Å². The van der Waals surface area contributed by atoms with Gasteiger partial charge in [-0.1, -0.05) is 6.92 Å². The molecule has 1 fully saturated rings. The molecule has 0 aromatic heterocycles. The molecule has 20 heavy (non-hydrogen) atoms. The zero-order valence-corrected chi connectivity index (χ0v) is 12.1. The minimum absolute atomic E-state index is 0.0334. The van der Waals surface area contributed by atoms with Crippen LogP contribution in [-0.2, 0) is 6.18 Å². The van der Waals surface area contributed by atoms with E-state index in [1.807, 2.05) is 0 Å². The molecule has 1 aliphatic rings. The van der Waals surface area contributed by atoms with Crippen molar-refractivity contribution in [3.8, 4) is 0 Å². The molecule has 0 spiro atoms. The Morgan fingerprint density at radius 3 is 2.35 bits per heavy atom. The highest BCUT2D eigenvalue weighted by Crippen LogP contribution is 2.32. The highest BCUT2D eigenvalue weighted by molar-refractivity contribution is 5.50. The number of nitrogens with zero attached hydrogens (tertiary/aromatic N) is 1. The molecule has 0 saturated carbocycles. The third-order valence-electron chi connectivity index (χ3n) is 3.82. The Balaban J connectivity index is 2.24. The van der Waals surface area contributed by atoms with Crippen LogP contribution < -0.4 is 10.2 Å². The number of piperazine rings is 1. The predicted molar refractivity (Wildman–Crippen MR) is 75.0 cm³/mol. The number of halogens is 3. The van der Waals surface area contributed by atoms with Crippen LogP contribution in [0.15, 0.2) is 24.3 Å². The molecule has 1 aromatic carbocycles. The second kappa shape index (κ2) is 5.28. The molecule has 1 unspecified atom stereocenters. The first-order valence-electron chi connectivity index (χ1n) is 6.92. The molecule has 112 valence electrons. The van der Waals surface area contributed by atoms with E-state index in [0.717, 1.165) is 37.3 Å². The molecule has 1 aliphatic heterocycles. The molecule has 1 N–H and O–H groups in total. The molecule has 2 rings (SSSR count). The summed E-state index contributed by atoms with van der Waals surface area (Å²) in [7, 11) is 0. The van der Waals surface area contributed by atoms with E-state index in [4.69, 9.17) is 0 Å². The lowest BCUT2D eigenvalue weighted by Gasteiger charge is -2.45. The molecular formula is C15H21F3N2. The quantitative estimate of drug-likeness (QED) is 0.892. The Morgan fingerprint density at radius 1 is 1.25 bits per heavy atom. The standard InChI is InChI=1S/C15H21F3N2/c1-4-12-9-19-14(2,3)10-20(12)13-7-5-11(6-8-13)15(16,17)18/h5-8,12,19H,4,9-10H2,1-3H3. The number of hydrogen-bond donors (Lipinski definition) is 1. The van der Waals surface area contributed by atoms with Crippen molar-refractivity contribution < 1.29 is 13.2 Å². The number of rotatable bonds is 2. The number of anilines is 1. The summed E-state index contributed by atoms with van der Waals surface area (Å²) in [5.74, 6) is 0. The number of hydrogen-bond acceptors (Lipinski definition) is 2. The summed E-state index contributed by atoms with van der Waals surface area (Å²) in [4.78, 5) is 2.21. The Labute approximate surface area is 118 Å². The first-order chi connectivity index (χ1) is 9.23. The van der Waals surface area contributed by atoms with E-state index in [2.05, 4.69) is 31.0 Å². The monoisotopic (exact) mass is 286 g/mol. The van der Waals surface area contributed by atoms with Crippen molar-refractivity contribution in [2.75, 3.05) is 18.0 Å². The topological polar surface area (TPSA) is 15.3 Å². The fourth-order valence-corrected chi connectivity index (χ4v) is 2.62. The van der Waals surface area contributed by atoms with E-state index >= 15 is 0 Å². The first-order valence-corrected chi connectivity index (χ1v) is 6.92. The zero-order chi connectivity index (χ0) is 15.0. The summed E-state index contributed by atoms with van der Waals surface area (Å²) < 4.78 is 37.8. The van der Waals surface area contributed by atoms with Gasteiger partial charge in [0.25, 0.3) is 0 Å². The molecule has 0 amide bonds. The van der Waals surface area contributed by atoms with Crippen molar-refractivity contribution in [1.82, 2.24) is 5.32 Å². The van der Waals surface area contributed by atoms with Gasteiger partial charge in [0.05, 0.1) is 5.56 Å². The number of nitrogens with one attached hydrogen (secondary N) is 1. The molecule has 0 aliphatic carbocycles. The van der Waals surface area contributed by atoms with Crippen molar-refractivity contribution in [2.24, 2.45) is 0 Å². The van der Waals surface area contributed by atoms with Gasteiger partial charge in [-0.2, -0.15) is 13.2 Å². The van der Waals surface area contributed by atoms with E-state index < -0.39 is 11.7 Å². The maximum Gasteiger partial charge on any atom is 0.416 e. The van der Waals surface area contributed by atoms with E-state index in [0.29, 0.717) is 6.04 Å². The van der Waals surface area contributed by atoms with Crippen LogP contribution in [0.3, 0.4) is 0 Å². The summed E-state index contributed by atoms with van der Waals surface area (Å²) in [5.41, 5.74) is 0.233. The van der Waals surface area contributed by atoms with Gasteiger partial charge >= 0.3 is 6.18 Å². The summed E-state index contributed by atoms with van der Waals surface area (Å²) in [6.45, 7) is 7.95. The molecular weight excluding hydrogens is 265 g/mol. The molecule has 1 aromatic rings. The van der Waals surface area contributed by atoms with Gasteiger partial charge in [-0.25, -0.2) is 0 Å². The van der Waals surface area contributed by atoms with Crippen LogP contribution in [0, 0.1) is 0 Å². The van der Waals surface area contributed by atoms with E-state index in [1.54, 1.807) is 12.1 Å². The van der Waals surface area contributed by atoms with Crippen molar-refractivity contribution in [3.63, 3.8) is 0 Å². The lowest BCUT2D eigenvalue weighted by Crippen LogP contribution is -2.61. The van der Waals surface area contributed by atoms with Crippen LogP contribution in [0.1, 0.15) is 32.8 Å². The predicted octanol–water partition coefficient (Wildman–Crippen LogP) is 3.67. The van der Waals surface area contributed by atoms with E-state index in [9.17, 15) is 13.2 Å². The van der Waals surface area contributed by atoms with Gasteiger partial charge in [0.1, 0.15) is 0 Å². The number of benzene rings is 1. The molecule has 0 radical (unpaired) electrons. The number of alkyl halides is 3. The lowest BCUT2D eigenvalue weighted by molar-refractivity contribution is -0.137. The largest absolute Gasteiger partial charge is 0.416 e. The average molecular weight is 286 g/mol. The summed E-state index contributed by atoms with van der Waals surface area (Å²) in [6, 6.07) is 5.80. The van der Waals surface area contributed by atoms with Crippen LogP contribution in [-0.4, -0.2) is 24.7 Å². The molecule has 1 saturated heterocycles. The second-order valence-corrected chi connectivity index (χ2v) is 6.00. The van der Waals surface area contributed by atoms with Gasteiger partial charge in [-0.15, -0.1) is 0 Å². The third-order valence-corrected chi connectivity index (χ3v) is 3.82. The van der Waals surface area contributed by atoms with Crippen molar-refractivity contribution in [1.29, 1.82) is 0 Å². The Morgan fingerprint density at radius 2 is 1.85 bits per heavy atom. The summed E-state index contributed by atoms with van der Waals surface area (Å²) >= 11 is 0. The van der Waals surface area contributed by atoms with Crippen molar-refractivity contribution in [2.45, 2.75) is 44.9 Å². The fourth-order valence-electron chi connectivity index (χ4n) is 2.62. The van der Waals surface area contributed by atoms with Crippen molar-refractivity contribution in [3.05, 3.63) is 29.8 Å². The Bertz CT molecular complexity index is 451. The summed E-state index contributed by atoms with van der Waals surface area (Å²) in [5, 5.41) is 3.47. The van der Waals surface area contributed by atoms with E-state index in [1.165, 1.54) is 0 Å². The first kappa shape index (κ1) is 15.2. The smallest absolute Gasteiger partial charge is 0.365 e. The highest BCUT2D eigenvalue weighted by Gasteiger charge is 2.33. The molecule has 1 atom stereocenters. The Kier molecular flexibility index (Phi) is 4.00. The zero-order valence-electron chi connectivity index (χ0n) is 12.1. The van der Waals surface area contributed by atoms with Crippen LogP contribution in [0.4, 0.5) is 18.9 Å². The van der Waals surface area contributed by atoms with Gasteiger partial charge in [0.2, 0.25) is 0 Å². The van der Waals surface area contributed by atoms with Gasteiger partial charge in [-0.3, -0.25) is 0 Å². The molecule has 2 nitrogen and oxygen atoms in total. The van der Waals surface area contributed by atoms with Gasteiger partial charge in [0.15, 0.2) is 0 Å². The lowest BCUT2D eigenvalue weighted by atomic mass is 9.96. The SMILES string of the molecule is CCC1CNC(C)(C)CN1c1ccc(C(F)(F)F)cc1. The fraction of sp³-hybridized carbons (Fsp3) is 0.600. The molecule has 0 bridgehead atoms. The summed E-state index contributed by atoms with van der Waals surface area (Å²) in [6.07, 6.45) is -3.31. The van der Waals surface area contributed by atoms with Crippen LogP contribution in [0.2, 0.25) is 0 Å². The van der Waals surface area contributed by atoms with Crippen LogP contribution in [0.25, 0.3) is 0 Å². The third kappa shape index (κ3) is 3.26. The maximum atomic E-state index is 12.6. The van der Waals surface area contributed by atoms with E-state index in [-0.39, 0.29) is 5.54 Å². The Hall–Kier alpha value is -1.23. The second-order valence-electron chi connectivity index (χ2n) is 6.00.